The number of carbonyl (C=O) groups excluding carboxylic acids is 1. The van der Waals surface area contributed by atoms with Crippen LogP contribution in [0.4, 0.5) is 5.69 Å². The van der Waals surface area contributed by atoms with Gasteiger partial charge in [0.05, 0.1) is 42.4 Å². The van der Waals surface area contributed by atoms with Crippen LogP contribution in [0, 0.1) is 5.92 Å². The molecule has 2 N–H and O–H groups in total. The molecule has 0 unspecified atom stereocenters. The van der Waals surface area contributed by atoms with Gasteiger partial charge in [-0.15, -0.1) is 0 Å². The van der Waals surface area contributed by atoms with E-state index in [4.69, 9.17) is 14.2 Å². The topological polar surface area (TPSA) is 118 Å². The molecule has 3 rings (SSSR count). The number of ether oxygens (including phenoxy) is 3. The third kappa shape index (κ3) is 9.82. The van der Waals surface area contributed by atoms with E-state index in [1.165, 1.54) is 25.3 Å². The van der Waals surface area contributed by atoms with Gasteiger partial charge in [0.25, 0.3) is 15.9 Å². The number of fused-ring (bicyclic) bond motifs is 1. The van der Waals surface area contributed by atoms with Crippen molar-refractivity contribution >= 4 is 21.6 Å². The summed E-state index contributed by atoms with van der Waals surface area (Å²) >= 11 is 0. The van der Waals surface area contributed by atoms with E-state index in [2.05, 4.69) is 30.5 Å². The van der Waals surface area contributed by atoms with Gasteiger partial charge in [0.2, 0.25) is 0 Å². The Morgan fingerprint density at radius 2 is 1.88 bits per heavy atom. The number of nitrogens with zero attached hydrogens (tertiary/aromatic N) is 2. The third-order valence-corrected chi connectivity index (χ3v) is 9.17. The minimum atomic E-state index is -3.94. The van der Waals surface area contributed by atoms with Gasteiger partial charge in [-0.1, -0.05) is 13.8 Å². The molecule has 10 nitrogen and oxygen atoms in total. The summed E-state index contributed by atoms with van der Waals surface area (Å²) in [5.74, 6) is 0.540. The van der Waals surface area contributed by atoms with Crippen molar-refractivity contribution in [1.82, 2.24) is 9.80 Å². The molecule has 4 atom stereocenters. The van der Waals surface area contributed by atoms with Crippen molar-refractivity contribution in [3.8, 4) is 11.5 Å². The van der Waals surface area contributed by atoms with E-state index in [9.17, 15) is 18.3 Å². The molecular formula is C32H49N3O7S. The zero-order valence-corrected chi connectivity index (χ0v) is 27.2. The average molecular weight is 620 g/mol. The smallest absolute Gasteiger partial charge is 0.261 e. The molecule has 1 heterocycles. The zero-order chi connectivity index (χ0) is 31.6. The highest BCUT2D eigenvalue weighted by molar-refractivity contribution is 7.92. The minimum Gasteiger partial charge on any atom is -0.497 e. The number of anilines is 1. The summed E-state index contributed by atoms with van der Waals surface area (Å²) in [7, 11) is -0.354. The molecule has 0 spiro atoms. The molecule has 0 aliphatic carbocycles. The van der Waals surface area contributed by atoms with Crippen LogP contribution in [0.25, 0.3) is 0 Å². The van der Waals surface area contributed by atoms with E-state index < -0.39 is 16.1 Å². The number of rotatable bonds is 10. The van der Waals surface area contributed by atoms with Crippen molar-refractivity contribution in [2.45, 2.75) is 76.5 Å². The Bertz CT molecular complexity index is 1270. The number of carbonyl (C=O) groups is 1. The number of amides is 1. The molecule has 0 aromatic heterocycles. The van der Waals surface area contributed by atoms with Gasteiger partial charge in [0.1, 0.15) is 11.5 Å². The van der Waals surface area contributed by atoms with Gasteiger partial charge in [0.15, 0.2) is 0 Å². The van der Waals surface area contributed by atoms with Crippen molar-refractivity contribution < 1.29 is 32.5 Å². The average Bonchev–Trinajstić information content (AvgIpc) is 2.98. The molecule has 1 amide bonds. The van der Waals surface area contributed by atoms with E-state index in [0.29, 0.717) is 24.7 Å². The zero-order valence-electron chi connectivity index (χ0n) is 26.4. The highest BCUT2D eigenvalue weighted by Gasteiger charge is 2.30. The number of sulfonamides is 1. The lowest BCUT2D eigenvalue weighted by molar-refractivity contribution is -0.0167. The Kier molecular flexibility index (Phi) is 13.1. The fourth-order valence-corrected chi connectivity index (χ4v) is 6.25. The normalized spacial score (nSPS) is 21.4. The second-order valence-corrected chi connectivity index (χ2v) is 13.2. The number of hydrogen-bond acceptors (Lipinski definition) is 8. The molecule has 1 aliphatic heterocycles. The Morgan fingerprint density at radius 1 is 1.16 bits per heavy atom. The molecule has 0 bridgehead atoms. The first-order chi connectivity index (χ1) is 20.5. The molecule has 11 heteroatoms. The Morgan fingerprint density at radius 3 is 2.53 bits per heavy atom. The van der Waals surface area contributed by atoms with Gasteiger partial charge in [-0.2, -0.15) is 0 Å². The van der Waals surface area contributed by atoms with Gasteiger partial charge in [0, 0.05) is 31.3 Å². The summed E-state index contributed by atoms with van der Waals surface area (Å²) in [4.78, 5) is 18.2. The van der Waals surface area contributed by atoms with E-state index in [0.717, 1.165) is 38.8 Å². The molecule has 0 fully saturated rings. The van der Waals surface area contributed by atoms with Crippen LogP contribution >= 0.6 is 0 Å². The van der Waals surface area contributed by atoms with E-state index in [-0.39, 0.29) is 46.8 Å². The number of aliphatic hydroxyl groups is 1. The first kappa shape index (κ1) is 34.6. The first-order valence-electron chi connectivity index (χ1n) is 15.2. The van der Waals surface area contributed by atoms with Crippen molar-refractivity contribution in [3.05, 3.63) is 48.0 Å². The van der Waals surface area contributed by atoms with Crippen molar-refractivity contribution in [3.63, 3.8) is 0 Å². The van der Waals surface area contributed by atoms with Crippen LogP contribution in [-0.2, 0) is 14.8 Å². The van der Waals surface area contributed by atoms with Crippen LogP contribution in [-0.4, -0.2) is 94.5 Å². The summed E-state index contributed by atoms with van der Waals surface area (Å²) in [6, 6.07) is 10.3. The van der Waals surface area contributed by atoms with E-state index >= 15 is 0 Å². The van der Waals surface area contributed by atoms with Crippen LogP contribution in [0.5, 0.6) is 11.5 Å². The number of aliphatic hydroxyl groups excluding tert-OH is 1. The lowest BCUT2D eigenvalue weighted by atomic mass is 10.0. The molecule has 2 aromatic rings. The molecule has 43 heavy (non-hydrogen) atoms. The van der Waals surface area contributed by atoms with Crippen LogP contribution in [0.3, 0.4) is 0 Å². The van der Waals surface area contributed by atoms with Gasteiger partial charge < -0.3 is 29.1 Å². The predicted molar refractivity (Wildman–Crippen MR) is 168 cm³/mol. The van der Waals surface area contributed by atoms with Crippen molar-refractivity contribution in [2.75, 3.05) is 51.7 Å². The summed E-state index contributed by atoms with van der Waals surface area (Å²) in [5, 5.41) is 10.1. The number of nitrogens with one attached hydrogen (secondary N) is 1. The van der Waals surface area contributed by atoms with Gasteiger partial charge >= 0.3 is 0 Å². The van der Waals surface area contributed by atoms with Crippen LogP contribution in [0.2, 0.25) is 0 Å². The van der Waals surface area contributed by atoms with Crippen molar-refractivity contribution in [1.29, 1.82) is 0 Å². The minimum absolute atomic E-state index is 0.0275. The summed E-state index contributed by atoms with van der Waals surface area (Å²) in [6.07, 6.45) is 3.33. The molecule has 0 saturated carbocycles. The lowest BCUT2D eigenvalue weighted by Crippen LogP contribution is -2.47. The van der Waals surface area contributed by atoms with Gasteiger partial charge in [-0.25, -0.2) is 8.42 Å². The SMILES string of the molecule is CCCN(C)C[C@H]1OCCCC[C@H](C)Oc2ccc(NS(=O)(=O)c3ccc(OC)cc3)cc2C(=O)N([C@H](C)CO)C[C@H]1C. The Balaban J connectivity index is 1.99. The first-order valence-corrected chi connectivity index (χ1v) is 16.7. The summed E-state index contributed by atoms with van der Waals surface area (Å²) in [5.41, 5.74) is 0.458. The molecule has 1 aliphatic rings. The Labute approximate surface area is 257 Å². The quantitative estimate of drug-likeness (QED) is 0.395. The van der Waals surface area contributed by atoms with Gasteiger partial charge in [-0.3, -0.25) is 9.52 Å². The second-order valence-electron chi connectivity index (χ2n) is 11.6. The third-order valence-electron chi connectivity index (χ3n) is 7.77. The van der Waals surface area contributed by atoms with Crippen molar-refractivity contribution in [2.24, 2.45) is 5.92 Å². The molecular weight excluding hydrogens is 570 g/mol. The molecule has 0 saturated heterocycles. The van der Waals surface area contributed by atoms with E-state index in [1.807, 2.05) is 6.92 Å². The predicted octanol–water partition coefficient (Wildman–Crippen LogP) is 4.63. The van der Waals surface area contributed by atoms with Crippen LogP contribution < -0.4 is 14.2 Å². The maximum absolute atomic E-state index is 14.2. The number of benzene rings is 2. The molecule has 240 valence electrons. The highest BCUT2D eigenvalue weighted by Crippen LogP contribution is 2.30. The van der Waals surface area contributed by atoms with E-state index in [1.54, 1.807) is 36.1 Å². The van der Waals surface area contributed by atoms with Gasteiger partial charge in [-0.05, 0) is 95.6 Å². The largest absolute Gasteiger partial charge is 0.497 e. The monoisotopic (exact) mass is 619 g/mol. The molecule has 2 aromatic carbocycles. The fourth-order valence-electron chi connectivity index (χ4n) is 5.20. The fraction of sp³-hybridized carbons (Fsp3) is 0.594. The lowest BCUT2D eigenvalue weighted by Gasteiger charge is -2.35. The highest BCUT2D eigenvalue weighted by atomic mass is 32.2. The van der Waals surface area contributed by atoms with Crippen LogP contribution in [0.15, 0.2) is 47.4 Å². The second kappa shape index (κ2) is 16.3. The maximum Gasteiger partial charge on any atom is 0.261 e. The maximum atomic E-state index is 14.2. The summed E-state index contributed by atoms with van der Waals surface area (Å²) in [6.45, 7) is 10.4. The Hall–Kier alpha value is -2.86. The summed E-state index contributed by atoms with van der Waals surface area (Å²) < 4.78 is 46.7. The van der Waals surface area contributed by atoms with Crippen LogP contribution in [0.1, 0.15) is 63.7 Å². The number of likely N-dealkylation sites (N-methyl/N-ethyl adjacent to an activating group) is 1. The number of hydrogen-bond donors (Lipinski definition) is 2. The number of methoxy groups -OCH3 is 1. The molecule has 0 radical (unpaired) electrons. The standard InChI is InChI=1S/C32H49N3O7S/c1-7-17-34(5)21-31-23(2)20-35(24(3)22-36)32(37)29-19-26(11-16-30(29)42-25(4)10-8-9-18-41-31)33-43(38,39)28-14-12-27(40-6)13-15-28/h11-16,19,23-25,31,33,36H,7-10,17-18,20-22H2,1-6H3/t23-,24-,25+,31-/m1/s1.